The van der Waals surface area contributed by atoms with Gasteiger partial charge in [0.2, 0.25) is 0 Å². The Morgan fingerprint density at radius 3 is 3.00 bits per heavy atom. The van der Waals surface area contributed by atoms with Crippen molar-refractivity contribution in [1.82, 2.24) is 0 Å². The van der Waals surface area contributed by atoms with Crippen molar-refractivity contribution in [2.45, 2.75) is 19.8 Å². The minimum Gasteiger partial charge on any atom is -0.203 e. The van der Waals surface area contributed by atoms with Gasteiger partial charge in [-0.05, 0) is 18.6 Å². The Hall–Kier alpha value is -0.460. The second kappa shape index (κ2) is 6.54. The zero-order valence-electron chi connectivity index (χ0n) is 4.92. The maximum Gasteiger partial charge on any atom is 0.0634 e. The SMILES string of the molecule is CCC/C=C/N=C=S. The molecule has 0 aliphatic carbocycles. The number of thiocarbonyl (C=S) groups is 1. The quantitative estimate of drug-likeness (QED) is 0.419. The van der Waals surface area contributed by atoms with Gasteiger partial charge in [-0.1, -0.05) is 19.4 Å². The van der Waals surface area contributed by atoms with Crippen LogP contribution < -0.4 is 0 Å². The molecule has 0 rings (SSSR count). The van der Waals surface area contributed by atoms with E-state index in [0.29, 0.717) is 0 Å². The smallest absolute Gasteiger partial charge is 0.0634 e. The summed E-state index contributed by atoms with van der Waals surface area (Å²) in [5.74, 6) is 0. The van der Waals surface area contributed by atoms with E-state index in [4.69, 9.17) is 0 Å². The number of isothiocyanates is 1. The summed E-state index contributed by atoms with van der Waals surface area (Å²) in [6.07, 6.45) is 5.87. The third-order valence-electron chi connectivity index (χ3n) is 0.688. The molecule has 0 aromatic rings. The highest BCUT2D eigenvalue weighted by molar-refractivity contribution is 7.78. The summed E-state index contributed by atoms with van der Waals surface area (Å²) in [7, 11) is 0. The largest absolute Gasteiger partial charge is 0.203 e. The fraction of sp³-hybridized carbons (Fsp3) is 0.500. The zero-order valence-corrected chi connectivity index (χ0v) is 5.74. The minimum atomic E-state index is 1.07. The van der Waals surface area contributed by atoms with Crippen molar-refractivity contribution >= 4 is 17.4 Å². The van der Waals surface area contributed by atoms with Crippen LogP contribution in [0.2, 0.25) is 0 Å². The summed E-state index contributed by atoms with van der Waals surface area (Å²) in [6, 6.07) is 0. The number of hydrogen-bond donors (Lipinski definition) is 0. The lowest BCUT2D eigenvalue weighted by atomic mass is 10.3. The lowest BCUT2D eigenvalue weighted by Gasteiger charge is -1.76. The molecular formula is C6H9NS. The van der Waals surface area contributed by atoms with E-state index in [1.165, 1.54) is 0 Å². The molecule has 0 aromatic heterocycles. The van der Waals surface area contributed by atoms with Crippen LogP contribution in [-0.4, -0.2) is 5.16 Å². The second-order valence-electron chi connectivity index (χ2n) is 1.39. The molecule has 2 heteroatoms. The summed E-state index contributed by atoms with van der Waals surface area (Å²) in [5, 5.41) is 2.25. The standard InChI is InChI=1S/C6H9NS/c1-2-3-4-5-7-6-8/h4-5H,2-3H2,1H3/b5-4+. The number of hydrogen-bond acceptors (Lipinski definition) is 2. The molecule has 0 aliphatic rings. The van der Waals surface area contributed by atoms with Crippen molar-refractivity contribution in [1.29, 1.82) is 0 Å². The van der Waals surface area contributed by atoms with E-state index in [0.717, 1.165) is 12.8 Å². The molecule has 0 saturated heterocycles. The molecular weight excluding hydrogens is 118 g/mol. The van der Waals surface area contributed by atoms with Gasteiger partial charge >= 0.3 is 0 Å². The number of allylic oxidation sites excluding steroid dienone is 1. The first-order valence-electron chi connectivity index (χ1n) is 2.63. The van der Waals surface area contributed by atoms with E-state index in [-0.39, 0.29) is 0 Å². The van der Waals surface area contributed by atoms with E-state index < -0.39 is 0 Å². The van der Waals surface area contributed by atoms with Crippen molar-refractivity contribution in [2.75, 3.05) is 0 Å². The lowest BCUT2D eigenvalue weighted by Crippen LogP contribution is -1.57. The maximum atomic E-state index is 4.33. The van der Waals surface area contributed by atoms with Gasteiger partial charge in [-0.3, -0.25) is 0 Å². The van der Waals surface area contributed by atoms with Crippen LogP contribution in [0, 0.1) is 0 Å². The van der Waals surface area contributed by atoms with Crippen LogP contribution in [0.25, 0.3) is 0 Å². The first-order chi connectivity index (χ1) is 3.91. The van der Waals surface area contributed by atoms with Gasteiger partial charge in [0, 0.05) is 6.20 Å². The van der Waals surface area contributed by atoms with Crippen LogP contribution in [0.5, 0.6) is 0 Å². The second-order valence-corrected chi connectivity index (χ2v) is 1.58. The molecule has 44 valence electrons. The Morgan fingerprint density at radius 2 is 2.50 bits per heavy atom. The number of rotatable bonds is 3. The summed E-state index contributed by atoms with van der Waals surface area (Å²) in [4.78, 5) is 3.59. The molecule has 0 saturated carbocycles. The van der Waals surface area contributed by atoms with Gasteiger partial charge in [-0.15, -0.1) is 0 Å². The van der Waals surface area contributed by atoms with Crippen molar-refractivity contribution in [3.8, 4) is 0 Å². The molecule has 0 aromatic carbocycles. The summed E-state index contributed by atoms with van der Waals surface area (Å²) < 4.78 is 0. The Morgan fingerprint density at radius 1 is 1.75 bits per heavy atom. The molecule has 1 nitrogen and oxygen atoms in total. The lowest BCUT2D eigenvalue weighted by molar-refractivity contribution is 0.956. The molecule has 0 heterocycles. The summed E-state index contributed by atoms with van der Waals surface area (Å²) in [5.41, 5.74) is 0. The molecule has 0 unspecified atom stereocenters. The van der Waals surface area contributed by atoms with Crippen molar-refractivity contribution in [2.24, 2.45) is 4.99 Å². The van der Waals surface area contributed by atoms with Crippen LogP contribution in [0.1, 0.15) is 19.8 Å². The predicted octanol–water partition coefficient (Wildman–Crippen LogP) is 2.40. The summed E-state index contributed by atoms with van der Waals surface area (Å²) in [6.45, 7) is 2.12. The van der Waals surface area contributed by atoms with Crippen LogP contribution >= 0.6 is 12.2 Å². The van der Waals surface area contributed by atoms with E-state index in [1.807, 2.05) is 6.08 Å². The van der Waals surface area contributed by atoms with E-state index >= 15 is 0 Å². The number of aliphatic imine (C=N–C) groups is 1. The summed E-state index contributed by atoms with van der Waals surface area (Å²) >= 11 is 4.33. The molecule has 0 aliphatic heterocycles. The van der Waals surface area contributed by atoms with E-state index in [2.05, 4.69) is 29.3 Å². The van der Waals surface area contributed by atoms with Gasteiger partial charge in [0.05, 0.1) is 5.16 Å². The molecule has 0 N–H and O–H groups in total. The Labute approximate surface area is 55.1 Å². The zero-order chi connectivity index (χ0) is 6.24. The maximum absolute atomic E-state index is 4.33. The number of nitrogens with zero attached hydrogens (tertiary/aromatic N) is 1. The van der Waals surface area contributed by atoms with Crippen molar-refractivity contribution in [3.05, 3.63) is 12.3 Å². The molecule has 0 radical (unpaired) electrons. The van der Waals surface area contributed by atoms with Gasteiger partial charge in [-0.25, -0.2) is 4.99 Å². The highest BCUT2D eigenvalue weighted by Crippen LogP contribution is 1.86. The topological polar surface area (TPSA) is 12.4 Å². The van der Waals surface area contributed by atoms with Crippen LogP contribution in [0.3, 0.4) is 0 Å². The third kappa shape index (κ3) is 5.54. The first kappa shape index (κ1) is 7.54. The highest BCUT2D eigenvalue weighted by Gasteiger charge is 1.67. The average molecular weight is 127 g/mol. The van der Waals surface area contributed by atoms with Gasteiger partial charge in [0.25, 0.3) is 0 Å². The van der Waals surface area contributed by atoms with Gasteiger partial charge in [0.15, 0.2) is 0 Å². The van der Waals surface area contributed by atoms with Crippen LogP contribution in [-0.2, 0) is 0 Å². The number of unbranched alkanes of at least 4 members (excludes halogenated alkanes) is 1. The normalized spacial score (nSPS) is 9.12. The minimum absolute atomic E-state index is 1.07. The Bertz CT molecular complexity index is 112. The van der Waals surface area contributed by atoms with E-state index in [9.17, 15) is 0 Å². The van der Waals surface area contributed by atoms with Crippen LogP contribution in [0.15, 0.2) is 17.3 Å². The van der Waals surface area contributed by atoms with Crippen LogP contribution in [0.4, 0.5) is 0 Å². The molecule has 0 fully saturated rings. The molecule has 8 heavy (non-hydrogen) atoms. The Kier molecular flexibility index (Phi) is 6.16. The van der Waals surface area contributed by atoms with Gasteiger partial charge in [0.1, 0.15) is 0 Å². The van der Waals surface area contributed by atoms with Crippen molar-refractivity contribution in [3.63, 3.8) is 0 Å². The van der Waals surface area contributed by atoms with Gasteiger partial charge < -0.3 is 0 Å². The molecule has 0 bridgehead atoms. The highest BCUT2D eigenvalue weighted by atomic mass is 32.1. The fourth-order valence-corrected chi connectivity index (χ4v) is 0.385. The monoisotopic (exact) mass is 127 g/mol. The van der Waals surface area contributed by atoms with Gasteiger partial charge in [-0.2, -0.15) is 0 Å². The molecule has 0 atom stereocenters. The first-order valence-corrected chi connectivity index (χ1v) is 3.04. The average Bonchev–Trinajstić information content (AvgIpc) is 1.81. The molecule has 0 spiro atoms. The van der Waals surface area contributed by atoms with Crippen molar-refractivity contribution < 1.29 is 0 Å². The molecule has 0 amide bonds. The van der Waals surface area contributed by atoms with E-state index in [1.54, 1.807) is 6.20 Å². The Balaban J connectivity index is 3.20. The third-order valence-corrected chi connectivity index (χ3v) is 0.793. The fourth-order valence-electron chi connectivity index (χ4n) is 0.324. The predicted molar refractivity (Wildman–Crippen MR) is 39.1 cm³/mol.